The van der Waals surface area contributed by atoms with Gasteiger partial charge in [-0.15, -0.1) is 11.3 Å². The van der Waals surface area contributed by atoms with Crippen LogP contribution in [-0.4, -0.2) is 4.98 Å². The van der Waals surface area contributed by atoms with Gasteiger partial charge < -0.3 is 9.73 Å². The molecule has 0 saturated carbocycles. The molecule has 2 aromatic heterocycles. The Morgan fingerprint density at radius 3 is 2.69 bits per heavy atom. The predicted octanol–water partition coefficient (Wildman–Crippen LogP) is 2.95. The molecule has 4 heteroatoms. The molecule has 0 aromatic carbocycles. The van der Waals surface area contributed by atoms with Gasteiger partial charge in [0, 0.05) is 24.0 Å². The molecule has 0 radical (unpaired) electrons. The number of aryl methyl sites for hydroxylation is 3. The average Bonchev–Trinajstić information content (AvgIpc) is 2.74. The second kappa shape index (κ2) is 4.80. The lowest BCUT2D eigenvalue weighted by atomic mass is 10.2. The molecule has 86 valence electrons. The highest BCUT2D eigenvalue weighted by Crippen LogP contribution is 2.13. The Labute approximate surface area is 99.5 Å². The number of rotatable bonds is 4. The second-order valence-electron chi connectivity index (χ2n) is 3.90. The maximum Gasteiger partial charge on any atom is 0.105 e. The van der Waals surface area contributed by atoms with Crippen LogP contribution in [0.1, 0.15) is 27.8 Å². The highest BCUT2D eigenvalue weighted by molar-refractivity contribution is 7.09. The first-order valence-electron chi connectivity index (χ1n) is 5.33. The van der Waals surface area contributed by atoms with Gasteiger partial charge in [-0.1, -0.05) is 0 Å². The summed E-state index contributed by atoms with van der Waals surface area (Å²) in [7, 11) is 0. The summed E-state index contributed by atoms with van der Waals surface area (Å²) in [6, 6.07) is 2.08. The van der Waals surface area contributed by atoms with Gasteiger partial charge in [0.25, 0.3) is 0 Å². The maximum absolute atomic E-state index is 5.47. The molecule has 2 aromatic rings. The Balaban J connectivity index is 1.86. The number of aromatic nitrogens is 1. The minimum absolute atomic E-state index is 0.813. The van der Waals surface area contributed by atoms with Crippen LogP contribution in [0.4, 0.5) is 0 Å². The fraction of sp³-hybridized carbons (Fsp3) is 0.417. The first-order chi connectivity index (χ1) is 7.65. The van der Waals surface area contributed by atoms with Crippen LogP contribution >= 0.6 is 11.3 Å². The Hall–Kier alpha value is -1.13. The van der Waals surface area contributed by atoms with Crippen LogP contribution in [0, 0.1) is 20.8 Å². The number of thiazole rings is 1. The fourth-order valence-electron chi connectivity index (χ4n) is 1.67. The normalized spacial score (nSPS) is 10.9. The van der Waals surface area contributed by atoms with E-state index in [9.17, 15) is 0 Å². The Morgan fingerprint density at radius 1 is 1.31 bits per heavy atom. The van der Waals surface area contributed by atoms with Crippen molar-refractivity contribution < 1.29 is 4.42 Å². The van der Waals surface area contributed by atoms with Gasteiger partial charge in [0.15, 0.2) is 0 Å². The molecule has 0 spiro atoms. The first-order valence-corrected chi connectivity index (χ1v) is 6.21. The van der Waals surface area contributed by atoms with Gasteiger partial charge in [-0.25, -0.2) is 4.98 Å². The van der Waals surface area contributed by atoms with Crippen LogP contribution < -0.4 is 5.32 Å². The molecule has 1 N–H and O–H groups in total. The fourth-order valence-corrected chi connectivity index (χ4v) is 2.29. The summed E-state index contributed by atoms with van der Waals surface area (Å²) in [6.45, 7) is 7.64. The zero-order valence-corrected chi connectivity index (χ0v) is 10.6. The van der Waals surface area contributed by atoms with Gasteiger partial charge in [-0.3, -0.25) is 0 Å². The predicted molar refractivity (Wildman–Crippen MR) is 65.6 cm³/mol. The number of hydrogen-bond acceptors (Lipinski definition) is 4. The van der Waals surface area contributed by atoms with Crippen molar-refractivity contribution in [1.82, 2.24) is 10.3 Å². The van der Waals surface area contributed by atoms with Crippen molar-refractivity contribution in [3.05, 3.63) is 39.2 Å². The highest BCUT2D eigenvalue weighted by atomic mass is 32.1. The van der Waals surface area contributed by atoms with Crippen LogP contribution in [-0.2, 0) is 13.1 Å². The Bertz CT molecular complexity index is 473. The van der Waals surface area contributed by atoms with E-state index < -0.39 is 0 Å². The van der Waals surface area contributed by atoms with E-state index >= 15 is 0 Å². The molecular formula is C12H16N2OS. The lowest BCUT2D eigenvalue weighted by molar-refractivity contribution is 0.499. The summed E-state index contributed by atoms with van der Waals surface area (Å²) in [5.74, 6) is 1.97. The molecule has 0 aliphatic rings. The zero-order chi connectivity index (χ0) is 11.5. The van der Waals surface area contributed by atoms with Gasteiger partial charge in [-0.2, -0.15) is 0 Å². The van der Waals surface area contributed by atoms with E-state index in [4.69, 9.17) is 4.42 Å². The molecule has 16 heavy (non-hydrogen) atoms. The number of hydrogen-bond donors (Lipinski definition) is 1. The van der Waals surface area contributed by atoms with Crippen LogP contribution in [0.5, 0.6) is 0 Å². The molecule has 3 nitrogen and oxygen atoms in total. The van der Waals surface area contributed by atoms with E-state index in [2.05, 4.69) is 21.7 Å². The van der Waals surface area contributed by atoms with Gasteiger partial charge >= 0.3 is 0 Å². The molecule has 0 saturated heterocycles. The first kappa shape index (κ1) is 11.4. The summed E-state index contributed by atoms with van der Waals surface area (Å²) in [6.07, 6.45) is 0. The van der Waals surface area contributed by atoms with E-state index in [1.54, 1.807) is 11.3 Å². The molecule has 0 aliphatic carbocycles. The van der Waals surface area contributed by atoms with Crippen LogP contribution in [0.25, 0.3) is 0 Å². The molecule has 0 atom stereocenters. The molecule has 0 unspecified atom stereocenters. The summed E-state index contributed by atoms with van der Waals surface area (Å²) in [5, 5.41) is 6.58. The molecule has 0 bridgehead atoms. The second-order valence-corrected chi connectivity index (χ2v) is 4.96. The van der Waals surface area contributed by atoms with Gasteiger partial charge in [0.05, 0.1) is 10.7 Å². The van der Waals surface area contributed by atoms with E-state index in [1.807, 2.05) is 20.8 Å². The smallest absolute Gasteiger partial charge is 0.105 e. The summed E-state index contributed by atoms with van der Waals surface area (Å²) in [5.41, 5.74) is 2.34. The summed E-state index contributed by atoms with van der Waals surface area (Å²) in [4.78, 5) is 4.40. The van der Waals surface area contributed by atoms with Crippen LogP contribution in [0.3, 0.4) is 0 Å². The standard InChI is InChI=1S/C12H16N2OS/c1-8-4-11(9(2)15-8)5-13-6-12-7-16-10(3)14-12/h4,7,13H,5-6H2,1-3H3. The van der Waals surface area contributed by atoms with Gasteiger partial charge in [0.2, 0.25) is 0 Å². The van der Waals surface area contributed by atoms with Crippen molar-refractivity contribution in [1.29, 1.82) is 0 Å². The van der Waals surface area contributed by atoms with Crippen molar-refractivity contribution in [3.63, 3.8) is 0 Å². The number of nitrogens with zero attached hydrogens (tertiary/aromatic N) is 1. The van der Waals surface area contributed by atoms with E-state index in [-0.39, 0.29) is 0 Å². The van der Waals surface area contributed by atoms with E-state index in [0.717, 1.165) is 35.3 Å². The third-order valence-corrected chi connectivity index (χ3v) is 3.25. The monoisotopic (exact) mass is 236 g/mol. The Morgan fingerprint density at radius 2 is 2.12 bits per heavy atom. The summed E-state index contributed by atoms with van der Waals surface area (Å²) >= 11 is 1.69. The van der Waals surface area contributed by atoms with Gasteiger partial charge in [-0.05, 0) is 26.8 Å². The van der Waals surface area contributed by atoms with Crippen molar-refractivity contribution in [3.8, 4) is 0 Å². The molecule has 2 heterocycles. The van der Waals surface area contributed by atoms with E-state index in [1.165, 1.54) is 5.56 Å². The van der Waals surface area contributed by atoms with Crippen molar-refractivity contribution in [2.75, 3.05) is 0 Å². The van der Waals surface area contributed by atoms with Gasteiger partial charge in [0.1, 0.15) is 11.5 Å². The third-order valence-electron chi connectivity index (χ3n) is 2.43. The van der Waals surface area contributed by atoms with Crippen molar-refractivity contribution >= 4 is 11.3 Å². The molecule has 2 rings (SSSR count). The van der Waals surface area contributed by atoms with E-state index in [0.29, 0.717) is 0 Å². The number of nitrogens with one attached hydrogen (secondary N) is 1. The van der Waals surface area contributed by atoms with Crippen LogP contribution in [0.2, 0.25) is 0 Å². The SMILES string of the molecule is Cc1cc(CNCc2csc(C)n2)c(C)o1. The molecule has 0 aliphatic heterocycles. The molecular weight excluding hydrogens is 220 g/mol. The minimum Gasteiger partial charge on any atom is -0.466 e. The quantitative estimate of drug-likeness (QED) is 0.887. The van der Waals surface area contributed by atoms with Crippen LogP contribution in [0.15, 0.2) is 15.9 Å². The summed E-state index contributed by atoms with van der Waals surface area (Å²) < 4.78 is 5.47. The third kappa shape index (κ3) is 2.71. The highest BCUT2D eigenvalue weighted by Gasteiger charge is 2.04. The van der Waals surface area contributed by atoms with Crippen molar-refractivity contribution in [2.45, 2.75) is 33.9 Å². The molecule has 0 fully saturated rings. The number of furan rings is 1. The Kier molecular flexibility index (Phi) is 3.41. The largest absolute Gasteiger partial charge is 0.466 e. The molecule has 0 amide bonds. The lowest BCUT2D eigenvalue weighted by Crippen LogP contribution is -2.13. The zero-order valence-electron chi connectivity index (χ0n) is 9.83. The van der Waals surface area contributed by atoms with Crippen molar-refractivity contribution in [2.24, 2.45) is 0 Å². The lowest BCUT2D eigenvalue weighted by Gasteiger charge is -2.00. The average molecular weight is 236 g/mol. The topological polar surface area (TPSA) is 38.1 Å². The maximum atomic E-state index is 5.47. The minimum atomic E-state index is 0.813.